The van der Waals surface area contributed by atoms with Crippen molar-refractivity contribution in [2.75, 3.05) is 7.11 Å². The lowest BCUT2D eigenvalue weighted by Crippen LogP contribution is -1.96. The molecule has 7 heteroatoms. The molecule has 0 aliphatic heterocycles. The van der Waals surface area contributed by atoms with Crippen molar-refractivity contribution in [3.8, 4) is 6.01 Å². The Balaban J connectivity index is 2.58. The maximum absolute atomic E-state index is 6.04. The van der Waals surface area contributed by atoms with Crippen LogP contribution < -0.4 is 4.74 Å². The number of nitrogens with zero attached hydrogens (tertiary/aromatic N) is 4. The van der Waals surface area contributed by atoms with Crippen LogP contribution in [0.2, 0.25) is 5.15 Å². The van der Waals surface area contributed by atoms with Crippen molar-refractivity contribution in [2.24, 2.45) is 0 Å². The molecule has 0 aliphatic carbocycles. The average molecular weight is 314 g/mol. The van der Waals surface area contributed by atoms with Crippen LogP contribution in [-0.2, 0) is 0 Å². The van der Waals surface area contributed by atoms with Crippen LogP contribution in [-0.4, -0.2) is 26.7 Å². The molecule has 1 aromatic carbocycles. The molecule has 0 bridgehead atoms. The second-order valence-corrected chi connectivity index (χ2v) is 4.66. The molecular formula is C10H6BrClN4O. The number of ether oxygens (including phenoxy) is 1. The molecule has 0 amide bonds. The number of halogens is 2. The topological polar surface area (TPSA) is 52.3 Å². The van der Waals surface area contributed by atoms with Gasteiger partial charge in [0, 0.05) is 4.47 Å². The molecule has 0 saturated carbocycles. The number of aromatic nitrogens is 4. The van der Waals surface area contributed by atoms with E-state index in [2.05, 4.69) is 31.1 Å². The predicted octanol–water partition coefficient (Wildman–Crippen LogP) is 2.70. The van der Waals surface area contributed by atoms with Crippen molar-refractivity contribution >= 4 is 44.2 Å². The lowest BCUT2D eigenvalue weighted by molar-refractivity contribution is 0.377. The van der Waals surface area contributed by atoms with Gasteiger partial charge in [-0.05, 0) is 18.2 Å². The highest BCUT2D eigenvalue weighted by molar-refractivity contribution is 9.10. The molecule has 5 nitrogen and oxygen atoms in total. The molecule has 0 spiro atoms. The van der Waals surface area contributed by atoms with E-state index in [-0.39, 0.29) is 0 Å². The highest BCUT2D eigenvalue weighted by atomic mass is 79.9. The van der Waals surface area contributed by atoms with Gasteiger partial charge < -0.3 is 4.74 Å². The number of methoxy groups -OCH3 is 1. The third-order valence-electron chi connectivity index (χ3n) is 2.40. The minimum atomic E-state index is 0.302. The van der Waals surface area contributed by atoms with Gasteiger partial charge in [-0.15, -0.1) is 5.10 Å². The van der Waals surface area contributed by atoms with Crippen molar-refractivity contribution in [2.45, 2.75) is 0 Å². The zero-order valence-corrected chi connectivity index (χ0v) is 11.0. The van der Waals surface area contributed by atoms with Crippen LogP contribution in [0, 0.1) is 0 Å². The summed E-state index contributed by atoms with van der Waals surface area (Å²) in [6.45, 7) is 0. The van der Waals surface area contributed by atoms with E-state index in [1.165, 1.54) is 7.11 Å². The van der Waals surface area contributed by atoms with Gasteiger partial charge in [0.25, 0.3) is 0 Å². The van der Waals surface area contributed by atoms with Crippen LogP contribution in [0.25, 0.3) is 16.7 Å². The number of hydrogen-bond acceptors (Lipinski definition) is 4. The van der Waals surface area contributed by atoms with E-state index < -0.39 is 0 Å². The minimum absolute atomic E-state index is 0.302. The average Bonchev–Trinajstić information content (AvgIpc) is 2.75. The van der Waals surface area contributed by atoms with Gasteiger partial charge in [0.1, 0.15) is 0 Å². The van der Waals surface area contributed by atoms with E-state index in [1.807, 2.05) is 18.2 Å². The van der Waals surface area contributed by atoms with Gasteiger partial charge in [-0.1, -0.05) is 32.6 Å². The molecule has 0 fully saturated rings. The van der Waals surface area contributed by atoms with Gasteiger partial charge in [-0.3, -0.25) is 0 Å². The Morgan fingerprint density at radius 1 is 1.35 bits per heavy atom. The van der Waals surface area contributed by atoms with E-state index in [0.717, 1.165) is 15.5 Å². The number of rotatable bonds is 1. The zero-order chi connectivity index (χ0) is 12.0. The molecule has 2 heterocycles. The fraction of sp³-hybridized carbons (Fsp3) is 0.100. The van der Waals surface area contributed by atoms with Crippen molar-refractivity contribution in [3.05, 3.63) is 27.8 Å². The molecule has 0 radical (unpaired) electrons. The summed E-state index contributed by atoms with van der Waals surface area (Å²) in [7, 11) is 1.54. The Kier molecular flexibility index (Phi) is 2.41. The van der Waals surface area contributed by atoms with Gasteiger partial charge in [0.15, 0.2) is 5.15 Å². The normalized spacial score (nSPS) is 11.2. The monoisotopic (exact) mass is 312 g/mol. The molecule has 0 aliphatic rings. The van der Waals surface area contributed by atoms with E-state index in [1.54, 1.807) is 4.40 Å². The van der Waals surface area contributed by atoms with Crippen molar-refractivity contribution < 1.29 is 4.74 Å². The second kappa shape index (κ2) is 3.82. The summed E-state index contributed by atoms with van der Waals surface area (Å²) in [6.07, 6.45) is 0. The molecule has 3 rings (SSSR count). The smallest absolute Gasteiger partial charge is 0.321 e. The largest absolute Gasteiger partial charge is 0.467 e. The summed E-state index contributed by atoms with van der Waals surface area (Å²) in [6, 6.07) is 6.06. The van der Waals surface area contributed by atoms with Crippen LogP contribution in [0.1, 0.15) is 0 Å². The first kappa shape index (κ1) is 10.7. The van der Waals surface area contributed by atoms with Gasteiger partial charge in [-0.2, -0.15) is 0 Å². The van der Waals surface area contributed by atoms with Crippen LogP contribution in [0.3, 0.4) is 0 Å². The number of fused-ring (bicyclic) bond motifs is 3. The summed E-state index contributed by atoms with van der Waals surface area (Å²) >= 11 is 9.46. The lowest BCUT2D eigenvalue weighted by atomic mass is 10.3. The maximum Gasteiger partial charge on any atom is 0.321 e. The fourth-order valence-corrected chi connectivity index (χ4v) is 2.24. The first-order valence-electron chi connectivity index (χ1n) is 4.74. The quantitative estimate of drug-likeness (QED) is 0.693. The van der Waals surface area contributed by atoms with Gasteiger partial charge in [-0.25, -0.2) is 9.38 Å². The molecule has 17 heavy (non-hydrogen) atoms. The predicted molar refractivity (Wildman–Crippen MR) is 67.6 cm³/mol. The van der Waals surface area contributed by atoms with Crippen LogP contribution in [0.5, 0.6) is 6.01 Å². The molecule has 0 atom stereocenters. The van der Waals surface area contributed by atoms with Crippen LogP contribution >= 0.6 is 27.5 Å². The van der Waals surface area contributed by atoms with E-state index in [4.69, 9.17) is 16.3 Å². The van der Waals surface area contributed by atoms with Crippen LogP contribution in [0.15, 0.2) is 22.7 Å². The van der Waals surface area contributed by atoms with Gasteiger partial charge in [0.05, 0.1) is 18.1 Å². The first-order valence-corrected chi connectivity index (χ1v) is 5.91. The summed E-state index contributed by atoms with van der Waals surface area (Å²) in [5.74, 6) is 0. The third-order valence-corrected chi connectivity index (χ3v) is 3.14. The van der Waals surface area contributed by atoms with Gasteiger partial charge in [0.2, 0.25) is 5.65 Å². The molecule has 3 aromatic rings. The van der Waals surface area contributed by atoms with Crippen molar-refractivity contribution in [1.82, 2.24) is 19.6 Å². The Hall–Kier alpha value is -1.40. The Bertz CT molecular complexity index is 727. The third kappa shape index (κ3) is 1.56. The van der Waals surface area contributed by atoms with E-state index in [0.29, 0.717) is 16.8 Å². The SMILES string of the molecule is COc1nnc2c(Cl)nc3ccc(Br)cc3n12. The molecule has 0 N–H and O–H groups in total. The van der Waals surface area contributed by atoms with Crippen molar-refractivity contribution in [1.29, 1.82) is 0 Å². The molecule has 2 aromatic heterocycles. The molecular weight excluding hydrogens is 307 g/mol. The Labute approximate surface area is 110 Å². The van der Waals surface area contributed by atoms with E-state index in [9.17, 15) is 0 Å². The van der Waals surface area contributed by atoms with E-state index >= 15 is 0 Å². The van der Waals surface area contributed by atoms with Crippen LogP contribution in [0.4, 0.5) is 0 Å². The summed E-state index contributed by atoms with van der Waals surface area (Å²) < 4.78 is 7.83. The maximum atomic E-state index is 6.04. The standard InChI is InChI=1S/C10H6BrClN4O/c1-17-10-15-14-9-8(12)13-6-3-2-5(11)4-7(6)16(9)10/h2-4H,1H3. The number of hydrogen-bond donors (Lipinski definition) is 0. The Morgan fingerprint density at radius 2 is 2.18 bits per heavy atom. The summed E-state index contributed by atoms with van der Waals surface area (Å²) in [4.78, 5) is 4.26. The fourth-order valence-electron chi connectivity index (χ4n) is 1.68. The number of benzene rings is 1. The summed E-state index contributed by atoms with van der Waals surface area (Å²) in [5, 5.41) is 8.15. The first-order chi connectivity index (χ1) is 8.20. The minimum Gasteiger partial charge on any atom is -0.467 e. The summed E-state index contributed by atoms with van der Waals surface area (Å²) in [5.41, 5.74) is 2.07. The lowest BCUT2D eigenvalue weighted by Gasteiger charge is -2.04. The van der Waals surface area contributed by atoms with Crippen molar-refractivity contribution in [3.63, 3.8) is 0 Å². The molecule has 86 valence electrons. The molecule has 0 saturated heterocycles. The second-order valence-electron chi connectivity index (χ2n) is 3.38. The molecule has 0 unspecified atom stereocenters. The zero-order valence-electron chi connectivity index (χ0n) is 8.69. The highest BCUT2D eigenvalue weighted by Gasteiger charge is 2.14. The Morgan fingerprint density at radius 3 is 2.94 bits per heavy atom. The highest BCUT2D eigenvalue weighted by Crippen LogP contribution is 2.26. The van der Waals surface area contributed by atoms with Gasteiger partial charge >= 0.3 is 6.01 Å².